The first kappa shape index (κ1) is 12.9. The predicted molar refractivity (Wildman–Crippen MR) is 62.2 cm³/mol. The lowest BCUT2D eigenvalue weighted by Crippen LogP contribution is -2.41. The topological polar surface area (TPSA) is 30.5 Å². The van der Waals surface area contributed by atoms with Crippen molar-refractivity contribution in [1.29, 1.82) is 0 Å². The molecular formula is C12H25NO2. The Bertz CT molecular complexity index is 139. The van der Waals surface area contributed by atoms with E-state index in [0.29, 0.717) is 12.1 Å². The third-order valence-corrected chi connectivity index (χ3v) is 2.93. The van der Waals surface area contributed by atoms with Gasteiger partial charge in [0, 0.05) is 32.4 Å². The number of ether oxygens (including phenoxy) is 2. The average Bonchev–Trinajstić information content (AvgIpc) is 2.47. The fourth-order valence-corrected chi connectivity index (χ4v) is 2.17. The van der Waals surface area contributed by atoms with Crippen LogP contribution < -0.4 is 5.32 Å². The maximum Gasteiger partial charge on any atom is 0.0615 e. The Morgan fingerprint density at radius 1 is 1.40 bits per heavy atom. The van der Waals surface area contributed by atoms with Gasteiger partial charge in [0.15, 0.2) is 0 Å². The molecule has 0 spiro atoms. The van der Waals surface area contributed by atoms with Crippen molar-refractivity contribution in [3.05, 3.63) is 0 Å². The third kappa shape index (κ3) is 5.50. The molecular weight excluding hydrogens is 190 g/mol. The fraction of sp³-hybridized carbons (Fsp3) is 1.00. The normalized spacial score (nSPS) is 24.8. The van der Waals surface area contributed by atoms with Gasteiger partial charge in [-0.3, -0.25) is 0 Å². The lowest BCUT2D eigenvalue weighted by atomic mass is 10.1. The van der Waals surface area contributed by atoms with E-state index in [0.717, 1.165) is 26.2 Å². The second kappa shape index (κ2) is 8.08. The first-order chi connectivity index (χ1) is 7.36. The van der Waals surface area contributed by atoms with E-state index in [-0.39, 0.29) is 0 Å². The molecule has 1 aliphatic heterocycles. The van der Waals surface area contributed by atoms with Crippen LogP contribution >= 0.6 is 0 Å². The minimum Gasteiger partial charge on any atom is -0.383 e. The second-order valence-corrected chi connectivity index (χ2v) is 4.35. The van der Waals surface area contributed by atoms with Crippen molar-refractivity contribution in [2.24, 2.45) is 0 Å². The second-order valence-electron chi connectivity index (χ2n) is 4.35. The Hall–Kier alpha value is -0.120. The smallest absolute Gasteiger partial charge is 0.0615 e. The lowest BCUT2D eigenvalue weighted by molar-refractivity contribution is 0.137. The van der Waals surface area contributed by atoms with Gasteiger partial charge in [0.1, 0.15) is 0 Å². The van der Waals surface area contributed by atoms with Crippen molar-refractivity contribution in [1.82, 2.24) is 5.32 Å². The molecule has 3 heteroatoms. The Morgan fingerprint density at radius 2 is 2.27 bits per heavy atom. The molecule has 1 heterocycles. The Balaban J connectivity index is 2.27. The van der Waals surface area contributed by atoms with E-state index in [4.69, 9.17) is 9.47 Å². The molecule has 90 valence electrons. The van der Waals surface area contributed by atoms with Gasteiger partial charge in [-0.05, 0) is 25.7 Å². The Morgan fingerprint density at radius 3 is 3.00 bits per heavy atom. The highest BCUT2D eigenvalue weighted by atomic mass is 16.5. The van der Waals surface area contributed by atoms with Crippen LogP contribution in [-0.2, 0) is 9.47 Å². The zero-order valence-electron chi connectivity index (χ0n) is 10.1. The van der Waals surface area contributed by atoms with Crippen LogP contribution in [0.25, 0.3) is 0 Å². The molecule has 15 heavy (non-hydrogen) atoms. The fourth-order valence-electron chi connectivity index (χ4n) is 2.17. The Kier molecular flexibility index (Phi) is 6.98. The summed E-state index contributed by atoms with van der Waals surface area (Å²) in [5, 5.41) is 3.69. The Labute approximate surface area is 93.5 Å². The average molecular weight is 215 g/mol. The van der Waals surface area contributed by atoms with Gasteiger partial charge in [-0.2, -0.15) is 0 Å². The summed E-state index contributed by atoms with van der Waals surface area (Å²) in [5.74, 6) is 0. The van der Waals surface area contributed by atoms with E-state index in [1.165, 1.54) is 25.7 Å². The van der Waals surface area contributed by atoms with Crippen molar-refractivity contribution in [3.63, 3.8) is 0 Å². The largest absolute Gasteiger partial charge is 0.383 e. The summed E-state index contributed by atoms with van der Waals surface area (Å²) in [7, 11) is 1.78. The van der Waals surface area contributed by atoms with Crippen LogP contribution in [-0.4, -0.2) is 39.0 Å². The summed E-state index contributed by atoms with van der Waals surface area (Å²) in [6.45, 7) is 4.89. The van der Waals surface area contributed by atoms with Crippen LogP contribution in [0.1, 0.15) is 39.0 Å². The van der Waals surface area contributed by atoms with Gasteiger partial charge in [0.2, 0.25) is 0 Å². The minimum absolute atomic E-state index is 0.517. The number of hydrogen-bond acceptors (Lipinski definition) is 3. The monoisotopic (exact) mass is 215 g/mol. The molecule has 1 rings (SSSR count). The zero-order valence-corrected chi connectivity index (χ0v) is 10.1. The number of rotatable bonds is 6. The van der Waals surface area contributed by atoms with Gasteiger partial charge < -0.3 is 14.8 Å². The number of hydrogen-bond donors (Lipinski definition) is 1. The first-order valence-electron chi connectivity index (χ1n) is 6.19. The highest BCUT2D eigenvalue weighted by Crippen LogP contribution is 2.10. The predicted octanol–water partition coefficient (Wildman–Crippen LogP) is 1.96. The van der Waals surface area contributed by atoms with Crippen molar-refractivity contribution >= 4 is 0 Å². The molecule has 3 nitrogen and oxygen atoms in total. The minimum atomic E-state index is 0.517. The molecule has 0 radical (unpaired) electrons. The van der Waals surface area contributed by atoms with E-state index >= 15 is 0 Å². The summed E-state index contributed by atoms with van der Waals surface area (Å²) in [6.07, 6.45) is 5.98. The zero-order chi connectivity index (χ0) is 10.9. The summed E-state index contributed by atoms with van der Waals surface area (Å²) >= 11 is 0. The van der Waals surface area contributed by atoms with Gasteiger partial charge in [-0.15, -0.1) is 0 Å². The van der Waals surface area contributed by atoms with Crippen LogP contribution in [0.15, 0.2) is 0 Å². The van der Waals surface area contributed by atoms with Crippen LogP contribution in [0.4, 0.5) is 0 Å². The molecule has 2 atom stereocenters. The van der Waals surface area contributed by atoms with Crippen LogP contribution in [0.3, 0.4) is 0 Å². The van der Waals surface area contributed by atoms with Crippen LogP contribution in [0.2, 0.25) is 0 Å². The van der Waals surface area contributed by atoms with Gasteiger partial charge in [0.25, 0.3) is 0 Å². The molecule has 0 bridgehead atoms. The van der Waals surface area contributed by atoms with Crippen LogP contribution in [0, 0.1) is 0 Å². The molecule has 1 aliphatic rings. The van der Waals surface area contributed by atoms with Crippen LogP contribution in [0.5, 0.6) is 0 Å². The lowest BCUT2D eigenvalue weighted by Gasteiger charge is -2.23. The van der Waals surface area contributed by atoms with Gasteiger partial charge in [0.05, 0.1) is 6.61 Å². The summed E-state index contributed by atoms with van der Waals surface area (Å²) < 4.78 is 10.7. The van der Waals surface area contributed by atoms with E-state index in [9.17, 15) is 0 Å². The van der Waals surface area contributed by atoms with E-state index < -0.39 is 0 Å². The number of nitrogens with one attached hydrogen (secondary N) is 1. The molecule has 0 amide bonds. The molecule has 0 aromatic carbocycles. The molecule has 2 unspecified atom stereocenters. The van der Waals surface area contributed by atoms with E-state index in [1.807, 2.05) is 0 Å². The van der Waals surface area contributed by atoms with E-state index in [1.54, 1.807) is 7.11 Å². The van der Waals surface area contributed by atoms with Crippen molar-refractivity contribution in [2.75, 3.05) is 26.9 Å². The molecule has 0 aromatic heterocycles. The molecule has 1 saturated heterocycles. The quantitative estimate of drug-likeness (QED) is 0.734. The summed E-state index contributed by atoms with van der Waals surface area (Å²) in [6, 6.07) is 1.14. The molecule has 1 fully saturated rings. The maximum absolute atomic E-state index is 5.45. The molecule has 1 N–H and O–H groups in total. The number of methoxy groups -OCH3 is 1. The van der Waals surface area contributed by atoms with Crippen molar-refractivity contribution < 1.29 is 9.47 Å². The van der Waals surface area contributed by atoms with Crippen molar-refractivity contribution in [3.8, 4) is 0 Å². The van der Waals surface area contributed by atoms with Gasteiger partial charge in [-0.1, -0.05) is 13.3 Å². The highest BCUT2D eigenvalue weighted by Gasteiger charge is 2.16. The molecule has 0 aromatic rings. The summed E-state index contributed by atoms with van der Waals surface area (Å²) in [5.41, 5.74) is 0. The molecule has 0 aliphatic carbocycles. The highest BCUT2D eigenvalue weighted by molar-refractivity contribution is 4.75. The van der Waals surface area contributed by atoms with Crippen molar-refractivity contribution in [2.45, 2.75) is 51.1 Å². The van der Waals surface area contributed by atoms with E-state index in [2.05, 4.69) is 12.2 Å². The maximum atomic E-state index is 5.45. The standard InChI is InChI=1S/C12H25NO2/c1-3-5-12(10-14-2)13-11-6-4-8-15-9-7-11/h11-13H,3-10H2,1-2H3. The van der Waals surface area contributed by atoms with Gasteiger partial charge in [-0.25, -0.2) is 0 Å². The molecule has 0 saturated carbocycles. The first-order valence-corrected chi connectivity index (χ1v) is 6.19. The summed E-state index contributed by atoms with van der Waals surface area (Å²) in [4.78, 5) is 0. The van der Waals surface area contributed by atoms with Gasteiger partial charge >= 0.3 is 0 Å². The third-order valence-electron chi connectivity index (χ3n) is 2.93. The SMILES string of the molecule is CCCC(COC)NC1CCCOCC1.